The monoisotopic (exact) mass is 415 g/mol. The van der Waals surface area contributed by atoms with Crippen LogP contribution in [0.1, 0.15) is 17.0 Å². The predicted octanol–water partition coefficient (Wildman–Crippen LogP) is 4.71. The van der Waals surface area contributed by atoms with E-state index in [1.165, 1.54) is 6.08 Å². The lowest BCUT2D eigenvalue weighted by Crippen LogP contribution is -2.40. The largest absolute Gasteiger partial charge is 0.336 e. The molecule has 1 N–H and O–H groups in total. The molecule has 0 saturated carbocycles. The van der Waals surface area contributed by atoms with Crippen LogP contribution in [0.5, 0.6) is 0 Å². The molecule has 2 aromatic rings. The number of carbonyl (C=O) groups is 1. The Bertz CT molecular complexity index is 743. The van der Waals surface area contributed by atoms with Crippen LogP contribution >= 0.6 is 46.6 Å². The highest BCUT2D eigenvalue weighted by atomic mass is 35.6. The summed E-state index contributed by atoms with van der Waals surface area (Å²) in [6.45, 7) is 3.70. The van der Waals surface area contributed by atoms with E-state index >= 15 is 0 Å². The second-order valence-corrected chi connectivity index (χ2v) is 8.67. The maximum absolute atomic E-state index is 12.2. The van der Waals surface area contributed by atoms with Gasteiger partial charge >= 0.3 is 0 Å². The fourth-order valence-corrected chi connectivity index (χ4v) is 3.42. The molecule has 0 aliphatic carbocycles. The van der Waals surface area contributed by atoms with Gasteiger partial charge in [-0.25, -0.2) is 9.97 Å². The van der Waals surface area contributed by atoms with Gasteiger partial charge in [0.05, 0.1) is 0 Å². The molecule has 1 atom stereocenters. The van der Waals surface area contributed by atoms with Crippen molar-refractivity contribution in [2.24, 2.45) is 0 Å². The Morgan fingerprint density at radius 3 is 2.32 bits per heavy atom. The quantitative estimate of drug-likeness (QED) is 0.252. The summed E-state index contributed by atoms with van der Waals surface area (Å²) in [6.07, 6.45) is 3.07. The molecule has 0 radical (unpaired) electrons. The van der Waals surface area contributed by atoms with E-state index in [2.05, 4.69) is 15.3 Å². The van der Waals surface area contributed by atoms with Crippen LogP contribution < -0.4 is 5.32 Å². The summed E-state index contributed by atoms with van der Waals surface area (Å²) < 4.78 is -1.72. The number of aryl methyl sites for hydroxylation is 2. The number of aromatic nitrogens is 2. The number of nitrogens with zero attached hydrogens (tertiary/aromatic N) is 2. The minimum atomic E-state index is -1.72. The van der Waals surface area contributed by atoms with Crippen LogP contribution in [0.4, 0.5) is 0 Å². The number of carbonyl (C=O) groups excluding carboxylic acids is 1. The van der Waals surface area contributed by atoms with E-state index in [0.29, 0.717) is 5.16 Å². The van der Waals surface area contributed by atoms with E-state index < -0.39 is 9.17 Å². The molecule has 25 heavy (non-hydrogen) atoms. The fourth-order valence-electron chi connectivity index (χ4n) is 1.94. The molecule has 2 rings (SSSR count). The molecule has 1 amide bonds. The zero-order valence-corrected chi connectivity index (χ0v) is 16.6. The third kappa shape index (κ3) is 6.86. The van der Waals surface area contributed by atoms with Gasteiger partial charge in [0.2, 0.25) is 9.70 Å². The van der Waals surface area contributed by atoms with Crippen LogP contribution in [0, 0.1) is 13.8 Å². The predicted molar refractivity (Wildman–Crippen MR) is 105 cm³/mol. The maximum Gasteiger partial charge on any atom is 0.245 e. The molecule has 0 aliphatic rings. The molecule has 1 aromatic carbocycles. The molecule has 0 saturated heterocycles. The molecular formula is C17H16Cl3N3OS. The number of hydrogen-bond donors (Lipinski definition) is 1. The first-order valence-electron chi connectivity index (χ1n) is 7.33. The minimum absolute atomic E-state index is 0.378. The normalized spacial score (nSPS) is 13.0. The molecular weight excluding hydrogens is 401 g/mol. The number of thioether (sulfide) groups is 1. The molecule has 0 aliphatic heterocycles. The third-order valence-corrected chi connectivity index (χ3v) is 5.13. The number of alkyl halides is 3. The number of hydrogen-bond acceptors (Lipinski definition) is 4. The van der Waals surface area contributed by atoms with E-state index in [0.717, 1.165) is 28.7 Å². The average Bonchev–Trinajstić information content (AvgIpc) is 2.51. The first-order valence-corrected chi connectivity index (χ1v) is 9.34. The highest BCUT2D eigenvalue weighted by Gasteiger charge is 2.35. The highest BCUT2D eigenvalue weighted by Crippen LogP contribution is 2.38. The van der Waals surface area contributed by atoms with Gasteiger partial charge in [0.1, 0.15) is 5.37 Å². The van der Waals surface area contributed by atoms with Crippen molar-refractivity contribution >= 4 is 58.5 Å². The topological polar surface area (TPSA) is 54.9 Å². The van der Waals surface area contributed by atoms with E-state index in [4.69, 9.17) is 34.8 Å². The Kier molecular flexibility index (Phi) is 7.14. The third-order valence-electron chi connectivity index (χ3n) is 2.98. The zero-order chi connectivity index (χ0) is 18.4. The summed E-state index contributed by atoms with van der Waals surface area (Å²) in [5.74, 6) is -0.378. The Morgan fingerprint density at radius 1 is 1.16 bits per heavy atom. The Labute approximate surface area is 166 Å². The second kappa shape index (κ2) is 8.90. The molecule has 0 fully saturated rings. The molecule has 132 valence electrons. The standard InChI is InChI=1S/C17H16Cl3N3OS/c1-11-10-12(2)22-16(21-11)25-15(17(18,19)20)23-14(24)9-8-13-6-4-3-5-7-13/h3-10,15H,1-2H3,(H,23,24)/b9-8+/t15-/m1/s1. The van der Waals surface area contributed by atoms with Crippen molar-refractivity contribution < 1.29 is 4.79 Å². The molecule has 0 bridgehead atoms. The Hall–Kier alpha value is -1.27. The molecule has 4 nitrogen and oxygen atoms in total. The maximum atomic E-state index is 12.2. The van der Waals surface area contributed by atoms with Gasteiger partial charge < -0.3 is 5.32 Å². The van der Waals surface area contributed by atoms with Crippen LogP contribution in [0.15, 0.2) is 47.6 Å². The minimum Gasteiger partial charge on any atom is -0.336 e. The molecule has 1 aromatic heterocycles. The van der Waals surface area contributed by atoms with Crippen molar-refractivity contribution in [2.75, 3.05) is 0 Å². The molecule has 0 spiro atoms. The van der Waals surface area contributed by atoms with Crippen LogP contribution in [-0.2, 0) is 4.79 Å². The summed E-state index contributed by atoms with van der Waals surface area (Å²) in [5.41, 5.74) is 2.50. The van der Waals surface area contributed by atoms with Gasteiger partial charge in [0.15, 0.2) is 5.16 Å². The first-order chi connectivity index (χ1) is 11.7. The van der Waals surface area contributed by atoms with Crippen molar-refractivity contribution in [3.05, 3.63) is 59.4 Å². The second-order valence-electron chi connectivity index (χ2n) is 5.23. The number of halogens is 3. The summed E-state index contributed by atoms with van der Waals surface area (Å²) in [4.78, 5) is 20.8. The summed E-state index contributed by atoms with van der Waals surface area (Å²) in [7, 11) is 0. The van der Waals surface area contributed by atoms with E-state index in [-0.39, 0.29) is 5.91 Å². The number of amides is 1. The Balaban J connectivity index is 2.10. The van der Waals surface area contributed by atoms with Gasteiger partial charge in [-0.15, -0.1) is 0 Å². The lowest BCUT2D eigenvalue weighted by molar-refractivity contribution is -0.116. The van der Waals surface area contributed by atoms with Gasteiger partial charge in [0.25, 0.3) is 0 Å². The van der Waals surface area contributed by atoms with Crippen molar-refractivity contribution in [1.29, 1.82) is 0 Å². The number of benzene rings is 1. The average molecular weight is 417 g/mol. The van der Waals surface area contributed by atoms with E-state index in [1.807, 2.05) is 50.2 Å². The molecule has 1 heterocycles. The van der Waals surface area contributed by atoms with Crippen LogP contribution in [0.25, 0.3) is 6.08 Å². The van der Waals surface area contributed by atoms with Crippen molar-refractivity contribution in [3.63, 3.8) is 0 Å². The fraction of sp³-hybridized carbons (Fsp3) is 0.235. The van der Waals surface area contributed by atoms with Gasteiger partial charge in [0, 0.05) is 17.5 Å². The zero-order valence-electron chi connectivity index (χ0n) is 13.5. The SMILES string of the molecule is Cc1cc(C)nc(S[C@@H](NC(=O)/C=C/c2ccccc2)C(Cl)(Cl)Cl)n1. The number of rotatable bonds is 5. The highest BCUT2D eigenvalue weighted by molar-refractivity contribution is 8.00. The van der Waals surface area contributed by atoms with E-state index in [1.54, 1.807) is 6.08 Å². The van der Waals surface area contributed by atoms with Crippen molar-refractivity contribution in [3.8, 4) is 0 Å². The van der Waals surface area contributed by atoms with Gasteiger partial charge in [-0.1, -0.05) is 76.9 Å². The smallest absolute Gasteiger partial charge is 0.245 e. The molecule has 8 heteroatoms. The van der Waals surface area contributed by atoms with Crippen LogP contribution in [0.3, 0.4) is 0 Å². The number of nitrogens with one attached hydrogen (secondary N) is 1. The van der Waals surface area contributed by atoms with Gasteiger partial charge in [-0.05, 0) is 31.6 Å². The summed E-state index contributed by atoms with van der Waals surface area (Å²) in [6, 6.07) is 11.3. The van der Waals surface area contributed by atoms with Crippen LogP contribution in [-0.4, -0.2) is 25.0 Å². The molecule has 0 unspecified atom stereocenters. The van der Waals surface area contributed by atoms with Crippen molar-refractivity contribution in [1.82, 2.24) is 15.3 Å². The van der Waals surface area contributed by atoms with Crippen molar-refractivity contribution in [2.45, 2.75) is 28.2 Å². The Morgan fingerprint density at radius 2 is 1.76 bits per heavy atom. The summed E-state index contributed by atoms with van der Waals surface area (Å²) in [5, 5.41) is 2.27. The van der Waals surface area contributed by atoms with Crippen LogP contribution in [0.2, 0.25) is 0 Å². The lowest BCUT2D eigenvalue weighted by atomic mass is 10.2. The van der Waals surface area contributed by atoms with Gasteiger partial charge in [-0.3, -0.25) is 4.79 Å². The summed E-state index contributed by atoms with van der Waals surface area (Å²) >= 11 is 19.1. The first kappa shape index (κ1) is 20.0. The van der Waals surface area contributed by atoms with Gasteiger partial charge in [-0.2, -0.15) is 0 Å². The lowest BCUT2D eigenvalue weighted by Gasteiger charge is -2.23. The van der Waals surface area contributed by atoms with E-state index in [9.17, 15) is 4.79 Å².